The van der Waals surface area contributed by atoms with E-state index in [1.807, 2.05) is 68.0 Å². The van der Waals surface area contributed by atoms with Crippen LogP contribution < -0.4 is 0 Å². The molecule has 8 aromatic rings. The Kier molecular flexibility index (Phi) is 20.1. The summed E-state index contributed by atoms with van der Waals surface area (Å²) in [6.07, 6.45) is 2.18. The van der Waals surface area contributed by atoms with Crippen LogP contribution in [0.25, 0.3) is 49.3 Å². The van der Waals surface area contributed by atoms with E-state index in [1.165, 1.54) is 87.2 Å². The largest absolute Gasteiger partial charge is 0.240 e. The van der Waals surface area contributed by atoms with Gasteiger partial charge in [-0.1, -0.05) is 50.0 Å². The van der Waals surface area contributed by atoms with E-state index < -0.39 is 0 Å². The average molecular weight is 956 g/mol. The number of aryl methyl sites for hydroxylation is 12. The molecule has 0 saturated heterocycles. The van der Waals surface area contributed by atoms with E-state index in [2.05, 4.69) is 121 Å². The van der Waals surface area contributed by atoms with Crippen molar-refractivity contribution in [2.75, 3.05) is 0 Å². The summed E-state index contributed by atoms with van der Waals surface area (Å²) in [7, 11) is 0. The third-order valence-electron chi connectivity index (χ3n) is 8.85. The van der Waals surface area contributed by atoms with E-state index in [1.54, 1.807) is 22.7 Å². The van der Waals surface area contributed by atoms with Crippen LogP contribution in [0.5, 0.6) is 0 Å². The predicted molar refractivity (Wildman–Crippen MR) is 283 cm³/mol. The highest BCUT2D eigenvalue weighted by Crippen LogP contribution is 2.46. The van der Waals surface area contributed by atoms with Crippen molar-refractivity contribution in [1.82, 2.24) is 19.9 Å². The number of nitrogens with zero attached hydrogens (tertiary/aromatic N) is 4. The lowest BCUT2D eigenvalue weighted by molar-refractivity contribution is 1.09. The van der Waals surface area contributed by atoms with Gasteiger partial charge in [-0.15, -0.1) is 90.7 Å². The molecule has 0 saturated carbocycles. The summed E-state index contributed by atoms with van der Waals surface area (Å²) in [5, 5.41) is 4.58. The van der Waals surface area contributed by atoms with Crippen LogP contribution in [-0.2, 0) is 6.42 Å². The molecule has 0 aromatic carbocycles. The van der Waals surface area contributed by atoms with Gasteiger partial charge in [0, 0.05) is 35.7 Å². The van der Waals surface area contributed by atoms with Gasteiger partial charge in [-0.2, -0.15) is 0 Å². The maximum absolute atomic E-state index is 4.89. The second-order valence-corrected chi connectivity index (χ2v) is 23.5. The summed E-state index contributed by atoms with van der Waals surface area (Å²) in [6, 6.07) is 8.99. The Morgan fingerprint density at radius 1 is 0.333 bits per heavy atom. The van der Waals surface area contributed by atoms with E-state index in [9.17, 15) is 0 Å². The van der Waals surface area contributed by atoms with Crippen LogP contribution in [0.2, 0.25) is 0 Å². The maximum Gasteiger partial charge on any atom is 0.134 e. The first-order valence-electron chi connectivity index (χ1n) is 18.7. The molecule has 0 N–H and O–H groups in total. The maximum atomic E-state index is 4.89. The van der Waals surface area contributed by atoms with Crippen LogP contribution >= 0.6 is 90.7 Å². The number of aromatic nitrogens is 4. The molecule has 0 fully saturated rings. The Balaban J connectivity index is 0.000000365. The SMILES string of the molecule is C.C.C.C.CCC.Cc1cc(C)c(-c2nc(C)c(-c3sc(-c4sc(C)cc4C)nc3C)s2)s1.Cc1cc(C)c(-c2nc(C)c(Cc3sc(-c4sc(C)cc4C)nc3C)s2)s1. The summed E-state index contributed by atoms with van der Waals surface area (Å²) in [6.45, 7) is 30.1. The fraction of sp³-hybridized carbons (Fsp3) is 0.417. The Morgan fingerprint density at radius 3 is 0.800 bits per heavy atom. The third kappa shape index (κ3) is 11.9. The molecule has 0 amide bonds. The van der Waals surface area contributed by atoms with Crippen molar-refractivity contribution in [1.29, 1.82) is 0 Å². The highest BCUT2D eigenvalue weighted by molar-refractivity contribution is 7.28. The minimum absolute atomic E-state index is 0. The lowest BCUT2D eigenvalue weighted by Crippen LogP contribution is -1.87. The zero-order valence-corrected chi connectivity index (χ0v) is 41.3. The molecular formula is C48H66N4S8. The minimum atomic E-state index is 0. The van der Waals surface area contributed by atoms with Crippen molar-refractivity contribution >= 4 is 90.7 Å². The lowest BCUT2D eigenvalue weighted by atomic mass is 10.2. The van der Waals surface area contributed by atoms with Gasteiger partial charge in [0.1, 0.15) is 20.0 Å². The molecule has 0 unspecified atom stereocenters. The molecule has 12 heteroatoms. The van der Waals surface area contributed by atoms with Crippen LogP contribution in [0.3, 0.4) is 0 Å². The van der Waals surface area contributed by atoms with Crippen LogP contribution in [0.1, 0.15) is 124 Å². The Bertz CT molecular complexity index is 2430. The molecule has 326 valence electrons. The van der Waals surface area contributed by atoms with Crippen molar-refractivity contribution in [3.05, 3.63) is 98.6 Å². The predicted octanol–water partition coefficient (Wildman–Crippen LogP) is 19.0. The van der Waals surface area contributed by atoms with Crippen LogP contribution in [0.4, 0.5) is 0 Å². The molecule has 0 spiro atoms. The highest BCUT2D eigenvalue weighted by Gasteiger charge is 2.21. The minimum Gasteiger partial charge on any atom is -0.240 e. The summed E-state index contributed by atoms with van der Waals surface area (Å²) < 4.78 is 0. The zero-order valence-electron chi connectivity index (χ0n) is 34.8. The van der Waals surface area contributed by atoms with Crippen molar-refractivity contribution in [2.45, 2.75) is 139 Å². The average Bonchev–Trinajstić information content (AvgIpc) is 4.00. The van der Waals surface area contributed by atoms with Crippen molar-refractivity contribution in [3.63, 3.8) is 0 Å². The molecule has 8 aromatic heterocycles. The van der Waals surface area contributed by atoms with Crippen LogP contribution in [-0.4, -0.2) is 19.9 Å². The lowest BCUT2D eigenvalue weighted by Gasteiger charge is -1.96. The fourth-order valence-electron chi connectivity index (χ4n) is 6.35. The first-order valence-corrected chi connectivity index (χ1v) is 25.3. The number of hydrogen-bond acceptors (Lipinski definition) is 12. The molecule has 0 atom stereocenters. The van der Waals surface area contributed by atoms with Gasteiger partial charge >= 0.3 is 0 Å². The van der Waals surface area contributed by atoms with E-state index in [0.717, 1.165) is 49.2 Å². The molecule has 0 bridgehead atoms. The second-order valence-electron chi connectivity index (χ2n) is 14.3. The van der Waals surface area contributed by atoms with Crippen LogP contribution in [0, 0.1) is 83.1 Å². The Hall–Kier alpha value is -2.68. The second kappa shape index (κ2) is 22.6. The normalized spacial score (nSPS) is 10.4. The van der Waals surface area contributed by atoms with Crippen molar-refractivity contribution in [3.8, 4) is 49.3 Å². The quantitative estimate of drug-likeness (QED) is 0.160. The third-order valence-corrected chi connectivity index (χ3v) is 18.9. The van der Waals surface area contributed by atoms with E-state index >= 15 is 0 Å². The fourth-order valence-corrected chi connectivity index (χ4v) is 15.6. The summed E-state index contributed by atoms with van der Waals surface area (Å²) >= 11 is 14.6. The Labute approximate surface area is 394 Å². The van der Waals surface area contributed by atoms with Crippen molar-refractivity contribution < 1.29 is 0 Å². The number of thiophene rings is 4. The molecule has 0 aliphatic heterocycles. The summed E-state index contributed by atoms with van der Waals surface area (Å²) in [4.78, 5) is 35.4. The van der Waals surface area contributed by atoms with Crippen molar-refractivity contribution in [2.24, 2.45) is 0 Å². The van der Waals surface area contributed by atoms with Gasteiger partial charge in [0.25, 0.3) is 0 Å². The van der Waals surface area contributed by atoms with Gasteiger partial charge in [-0.25, -0.2) is 19.9 Å². The molecule has 4 nitrogen and oxygen atoms in total. The van der Waals surface area contributed by atoms with Gasteiger partial charge in [-0.05, 0) is 130 Å². The topological polar surface area (TPSA) is 51.6 Å². The highest BCUT2D eigenvalue weighted by atomic mass is 32.1. The first kappa shape index (κ1) is 53.5. The molecular weight excluding hydrogens is 889 g/mol. The van der Waals surface area contributed by atoms with E-state index in [0.29, 0.717) is 0 Å². The monoisotopic (exact) mass is 954 g/mol. The standard InChI is InChI=1S/C21H22N2S4.C20H20N2S4.C3H8.4CH4/c1-10-7-12(3)24-18(10)20-22-14(5)16(26-20)9-17-15(6)23-21(27-17)19-11(2)8-13(4)25-19;1-9-7-11(3)23-15(9)19-21-13(5)17(25-19)18-14(6)22-20(26-18)16-10(2)8-12(4)24-16;1-3-2;;;;/h7-8H,9H2,1-6H3;7-8H,1-6H3;3H2,1-2H3;4*1H4. The number of hydrogen-bond donors (Lipinski definition) is 0. The smallest absolute Gasteiger partial charge is 0.134 e. The molecule has 8 rings (SSSR count). The molecule has 0 radical (unpaired) electrons. The summed E-state index contributed by atoms with van der Waals surface area (Å²) in [5.74, 6) is 0. The van der Waals surface area contributed by atoms with Gasteiger partial charge in [0.05, 0.1) is 52.0 Å². The van der Waals surface area contributed by atoms with Crippen LogP contribution in [0.15, 0.2) is 24.3 Å². The van der Waals surface area contributed by atoms with Gasteiger partial charge < -0.3 is 0 Å². The van der Waals surface area contributed by atoms with E-state index in [-0.39, 0.29) is 29.7 Å². The molecule has 0 aliphatic carbocycles. The zero-order chi connectivity index (χ0) is 40.6. The van der Waals surface area contributed by atoms with Gasteiger partial charge in [-0.3, -0.25) is 0 Å². The number of thiazole rings is 4. The summed E-state index contributed by atoms with van der Waals surface area (Å²) in [5.41, 5.74) is 9.81. The molecule has 0 aliphatic rings. The van der Waals surface area contributed by atoms with Gasteiger partial charge in [0.15, 0.2) is 0 Å². The van der Waals surface area contributed by atoms with Gasteiger partial charge in [0.2, 0.25) is 0 Å². The molecule has 8 heterocycles. The first-order chi connectivity index (χ1) is 26.6. The Morgan fingerprint density at radius 2 is 0.567 bits per heavy atom. The van der Waals surface area contributed by atoms with E-state index in [4.69, 9.17) is 19.9 Å². The molecule has 60 heavy (non-hydrogen) atoms. The number of rotatable bonds is 7.